The molecule has 2 aromatic heterocycles. The lowest BCUT2D eigenvalue weighted by Gasteiger charge is -2.24. The molecule has 2 atom stereocenters. The Hall–Kier alpha value is -2.51. The van der Waals surface area contributed by atoms with Crippen molar-refractivity contribution in [2.24, 2.45) is 5.92 Å². The van der Waals surface area contributed by atoms with E-state index in [2.05, 4.69) is 15.1 Å². The molecule has 7 nitrogen and oxygen atoms in total. The van der Waals surface area contributed by atoms with Gasteiger partial charge in [-0.05, 0) is 31.7 Å². The summed E-state index contributed by atoms with van der Waals surface area (Å²) < 4.78 is 18.8. The number of pyridine rings is 1. The van der Waals surface area contributed by atoms with Crippen LogP contribution in [0.25, 0.3) is 0 Å². The number of nitrogens with one attached hydrogen (secondary N) is 1. The molecule has 1 saturated heterocycles. The molecule has 0 unspecified atom stereocenters. The van der Waals surface area contributed by atoms with Gasteiger partial charge in [0.2, 0.25) is 5.89 Å². The molecule has 126 valence electrons. The second-order valence-corrected chi connectivity index (χ2v) is 6.64. The molecule has 24 heavy (non-hydrogen) atoms. The fourth-order valence-electron chi connectivity index (χ4n) is 4.08. The minimum atomic E-state index is -0.639. The van der Waals surface area contributed by atoms with Gasteiger partial charge in [-0.3, -0.25) is 9.59 Å². The monoisotopic (exact) mass is 332 g/mol. The Morgan fingerprint density at radius 3 is 3.12 bits per heavy atom. The second kappa shape index (κ2) is 5.25. The van der Waals surface area contributed by atoms with Crippen molar-refractivity contribution in [3.8, 4) is 0 Å². The Kier molecular flexibility index (Phi) is 3.29. The maximum absolute atomic E-state index is 13.4. The molecule has 0 radical (unpaired) electrons. The minimum Gasteiger partial charge on any atom is -0.339 e. The predicted octanol–water partition coefficient (Wildman–Crippen LogP) is 1.40. The van der Waals surface area contributed by atoms with E-state index >= 15 is 0 Å². The lowest BCUT2D eigenvalue weighted by Crippen LogP contribution is -2.37. The van der Waals surface area contributed by atoms with E-state index in [4.69, 9.17) is 4.52 Å². The highest BCUT2D eigenvalue weighted by molar-refractivity contribution is 5.94. The molecule has 0 bridgehead atoms. The first kappa shape index (κ1) is 15.0. The molecule has 2 aliphatic rings. The van der Waals surface area contributed by atoms with Crippen molar-refractivity contribution < 1.29 is 13.7 Å². The minimum absolute atomic E-state index is 0.174. The number of fused-ring (bicyclic) bond motifs is 1. The highest BCUT2D eigenvalue weighted by Gasteiger charge is 2.55. The standard InChI is InChI=1S/C16H17FN4O3/c1-9-19-15(24-20-9)16-4-2-3-10(16)7-21(8-16)14(23)12-5-11(17)6-18-13(12)22/h5-6,10H,2-4,7-8H2,1H3,(H,18,22)/t10-,16-/m0/s1. The van der Waals surface area contributed by atoms with E-state index in [9.17, 15) is 14.0 Å². The Morgan fingerprint density at radius 1 is 1.54 bits per heavy atom. The number of hydrogen-bond acceptors (Lipinski definition) is 5. The van der Waals surface area contributed by atoms with Gasteiger partial charge >= 0.3 is 0 Å². The van der Waals surface area contributed by atoms with Crippen LogP contribution in [0, 0.1) is 18.7 Å². The summed E-state index contributed by atoms with van der Waals surface area (Å²) in [7, 11) is 0. The Balaban J connectivity index is 1.67. The smallest absolute Gasteiger partial charge is 0.260 e. The largest absolute Gasteiger partial charge is 0.339 e. The average molecular weight is 332 g/mol. The van der Waals surface area contributed by atoms with Crippen LogP contribution in [0.1, 0.15) is 41.3 Å². The van der Waals surface area contributed by atoms with Gasteiger partial charge in [0.25, 0.3) is 11.5 Å². The number of H-pyrrole nitrogens is 1. The molecule has 2 aromatic rings. The summed E-state index contributed by atoms with van der Waals surface area (Å²) in [4.78, 5) is 32.8. The van der Waals surface area contributed by atoms with Crippen LogP contribution in [0.15, 0.2) is 21.6 Å². The van der Waals surface area contributed by atoms with Crippen LogP contribution in [0.2, 0.25) is 0 Å². The van der Waals surface area contributed by atoms with E-state index in [0.717, 1.165) is 31.5 Å². The number of likely N-dealkylation sites (tertiary alicyclic amines) is 1. The first-order valence-corrected chi connectivity index (χ1v) is 7.98. The predicted molar refractivity (Wildman–Crippen MR) is 81.0 cm³/mol. The summed E-state index contributed by atoms with van der Waals surface area (Å²) in [5, 5.41) is 3.88. The van der Waals surface area contributed by atoms with Crippen molar-refractivity contribution in [2.45, 2.75) is 31.6 Å². The summed E-state index contributed by atoms with van der Waals surface area (Å²) in [6.07, 6.45) is 3.81. The average Bonchev–Trinajstić information content (AvgIpc) is 3.22. The van der Waals surface area contributed by atoms with Crippen LogP contribution in [-0.2, 0) is 5.41 Å². The van der Waals surface area contributed by atoms with Gasteiger partial charge in [-0.2, -0.15) is 4.98 Å². The molecule has 2 fully saturated rings. The molecular formula is C16H17FN4O3. The third-order valence-corrected chi connectivity index (χ3v) is 5.21. The van der Waals surface area contributed by atoms with Crippen molar-refractivity contribution in [1.29, 1.82) is 0 Å². The van der Waals surface area contributed by atoms with Gasteiger partial charge in [0.05, 0.1) is 5.41 Å². The number of aromatic amines is 1. The van der Waals surface area contributed by atoms with Gasteiger partial charge in [-0.15, -0.1) is 0 Å². The van der Waals surface area contributed by atoms with Crippen LogP contribution in [0.5, 0.6) is 0 Å². The maximum Gasteiger partial charge on any atom is 0.260 e. The summed E-state index contributed by atoms with van der Waals surface area (Å²) >= 11 is 0. The normalized spacial score (nSPS) is 25.9. The summed E-state index contributed by atoms with van der Waals surface area (Å²) in [6.45, 7) is 2.68. The van der Waals surface area contributed by atoms with Gasteiger partial charge in [-0.1, -0.05) is 11.6 Å². The number of nitrogens with zero attached hydrogens (tertiary/aromatic N) is 3. The third kappa shape index (κ3) is 2.16. The van der Waals surface area contributed by atoms with Crippen LogP contribution >= 0.6 is 0 Å². The van der Waals surface area contributed by atoms with Crippen molar-refractivity contribution in [1.82, 2.24) is 20.0 Å². The van der Waals surface area contributed by atoms with Gasteiger partial charge in [0, 0.05) is 19.3 Å². The number of halogens is 1. The number of aryl methyl sites for hydroxylation is 1. The highest BCUT2D eigenvalue weighted by atomic mass is 19.1. The number of aromatic nitrogens is 3. The number of carbonyl (C=O) groups is 1. The Bertz CT molecular complexity index is 861. The molecule has 1 amide bonds. The fourth-order valence-corrected chi connectivity index (χ4v) is 4.08. The van der Waals surface area contributed by atoms with Crippen LogP contribution < -0.4 is 5.56 Å². The van der Waals surface area contributed by atoms with Crippen molar-refractivity contribution in [3.05, 3.63) is 45.7 Å². The van der Waals surface area contributed by atoms with Gasteiger partial charge in [-0.25, -0.2) is 4.39 Å². The van der Waals surface area contributed by atoms with Crippen LogP contribution in [-0.4, -0.2) is 39.0 Å². The molecule has 0 spiro atoms. The topological polar surface area (TPSA) is 92.1 Å². The summed E-state index contributed by atoms with van der Waals surface area (Å²) in [5.41, 5.74) is -1.11. The molecule has 1 N–H and O–H groups in total. The highest BCUT2D eigenvalue weighted by Crippen LogP contribution is 2.50. The van der Waals surface area contributed by atoms with E-state index in [-0.39, 0.29) is 16.9 Å². The van der Waals surface area contributed by atoms with E-state index < -0.39 is 17.3 Å². The number of amides is 1. The molecule has 1 aliphatic carbocycles. The van der Waals surface area contributed by atoms with Gasteiger partial charge in [0.15, 0.2) is 5.82 Å². The van der Waals surface area contributed by atoms with Crippen LogP contribution in [0.4, 0.5) is 4.39 Å². The summed E-state index contributed by atoms with van der Waals surface area (Å²) in [6, 6.07) is 0.985. The first-order chi connectivity index (χ1) is 11.5. The van der Waals surface area contributed by atoms with Crippen LogP contribution in [0.3, 0.4) is 0 Å². The van der Waals surface area contributed by atoms with Crippen molar-refractivity contribution in [3.63, 3.8) is 0 Å². The quantitative estimate of drug-likeness (QED) is 0.897. The number of carbonyl (C=O) groups excluding carboxylic acids is 1. The zero-order valence-corrected chi connectivity index (χ0v) is 13.2. The third-order valence-electron chi connectivity index (χ3n) is 5.21. The van der Waals surface area contributed by atoms with Gasteiger partial charge < -0.3 is 14.4 Å². The SMILES string of the molecule is Cc1noc([C@]23CCC[C@H]2CN(C(=O)c2cc(F)c[nH]c2=O)C3)n1. The molecular weight excluding hydrogens is 315 g/mol. The lowest BCUT2D eigenvalue weighted by molar-refractivity contribution is 0.0772. The molecule has 0 aromatic carbocycles. The van der Waals surface area contributed by atoms with Crippen molar-refractivity contribution in [2.75, 3.05) is 13.1 Å². The lowest BCUT2D eigenvalue weighted by atomic mass is 9.80. The molecule has 1 aliphatic heterocycles. The molecule has 8 heteroatoms. The second-order valence-electron chi connectivity index (χ2n) is 6.64. The zero-order chi connectivity index (χ0) is 16.9. The van der Waals surface area contributed by atoms with Gasteiger partial charge in [0.1, 0.15) is 11.4 Å². The van der Waals surface area contributed by atoms with Crippen molar-refractivity contribution >= 4 is 5.91 Å². The Labute approximate surface area is 136 Å². The molecule has 4 rings (SSSR count). The fraction of sp³-hybridized carbons (Fsp3) is 0.500. The Morgan fingerprint density at radius 2 is 2.38 bits per heavy atom. The number of hydrogen-bond donors (Lipinski definition) is 1. The zero-order valence-electron chi connectivity index (χ0n) is 13.2. The molecule has 1 saturated carbocycles. The first-order valence-electron chi connectivity index (χ1n) is 7.98. The van der Waals surface area contributed by atoms with E-state index in [0.29, 0.717) is 24.8 Å². The van der Waals surface area contributed by atoms with E-state index in [1.54, 1.807) is 11.8 Å². The van der Waals surface area contributed by atoms with E-state index in [1.807, 2.05) is 0 Å². The number of rotatable bonds is 2. The summed E-state index contributed by atoms with van der Waals surface area (Å²) in [5.74, 6) is 0.247. The van der Waals surface area contributed by atoms with E-state index in [1.165, 1.54) is 0 Å². The molecule has 3 heterocycles. The maximum atomic E-state index is 13.4.